The number of primary sulfonamides is 1. The van der Waals surface area contributed by atoms with Crippen LogP contribution in [0.15, 0.2) is 58.6 Å². The summed E-state index contributed by atoms with van der Waals surface area (Å²) >= 11 is 0. The first-order valence-electron chi connectivity index (χ1n) is 8.36. The van der Waals surface area contributed by atoms with Crippen molar-refractivity contribution in [2.24, 2.45) is 15.9 Å². The van der Waals surface area contributed by atoms with E-state index in [-0.39, 0.29) is 34.0 Å². The summed E-state index contributed by atoms with van der Waals surface area (Å²) in [4.78, 5) is 14.8. The molecule has 154 valence electrons. The van der Waals surface area contributed by atoms with E-state index in [0.29, 0.717) is 0 Å². The lowest BCUT2D eigenvalue weighted by atomic mass is 10.1. The number of amides is 1. The molecule has 0 spiro atoms. The molecular formula is C19H20F2N4O3S. The van der Waals surface area contributed by atoms with Crippen molar-refractivity contribution in [2.75, 3.05) is 5.32 Å². The second kappa shape index (κ2) is 9.39. The van der Waals surface area contributed by atoms with Crippen molar-refractivity contribution in [2.45, 2.75) is 24.8 Å². The number of hydrogen-bond donors (Lipinski definition) is 3. The highest BCUT2D eigenvalue weighted by molar-refractivity contribution is 7.89. The third-order valence-corrected chi connectivity index (χ3v) is 4.95. The maximum absolute atomic E-state index is 12.3. The highest BCUT2D eigenvalue weighted by Gasteiger charge is 2.18. The Bertz CT molecular complexity index is 1070. The van der Waals surface area contributed by atoms with Gasteiger partial charge in [-0.1, -0.05) is 30.3 Å². The van der Waals surface area contributed by atoms with Gasteiger partial charge in [0.05, 0.1) is 11.3 Å². The first-order chi connectivity index (χ1) is 13.6. The molecule has 0 aliphatic rings. The van der Waals surface area contributed by atoms with E-state index in [2.05, 4.69) is 10.3 Å². The zero-order chi connectivity index (χ0) is 21.6. The van der Waals surface area contributed by atoms with E-state index in [1.54, 1.807) is 0 Å². The minimum Gasteiger partial charge on any atom is -0.404 e. The largest absolute Gasteiger partial charge is 0.404 e. The van der Waals surface area contributed by atoms with E-state index in [1.165, 1.54) is 12.1 Å². The van der Waals surface area contributed by atoms with E-state index in [4.69, 9.17) is 10.9 Å². The number of nitrogens with two attached hydrogens (primary N) is 2. The van der Waals surface area contributed by atoms with Crippen molar-refractivity contribution in [1.82, 2.24) is 0 Å². The predicted molar refractivity (Wildman–Crippen MR) is 108 cm³/mol. The van der Waals surface area contributed by atoms with Gasteiger partial charge in [-0.05, 0) is 30.2 Å². The molecule has 0 saturated heterocycles. The standard InChI is InChI=1S/C19H20F2N4O3S/c1-12-4-2-3-5-13(12)8-18(26)25-15-6-7-16(17(9-15)29(23,27)28)14(10-22)11-24-19(20)21/h2-7,9-11,19H,8,22H2,1H3,(H,25,26)(H2,23,27,28). The van der Waals surface area contributed by atoms with Gasteiger partial charge < -0.3 is 11.1 Å². The summed E-state index contributed by atoms with van der Waals surface area (Å²) < 4.78 is 48.7. The SMILES string of the molecule is Cc1ccccc1CC(=O)Nc1ccc(C(C=NC(F)F)=CN)c(S(N)(=O)=O)c1. The van der Waals surface area contributed by atoms with E-state index < -0.39 is 16.6 Å². The highest BCUT2D eigenvalue weighted by Crippen LogP contribution is 2.25. The third-order valence-electron chi connectivity index (χ3n) is 4.00. The molecular weight excluding hydrogens is 402 g/mol. The van der Waals surface area contributed by atoms with Crippen LogP contribution in [0.4, 0.5) is 14.5 Å². The number of anilines is 1. The van der Waals surface area contributed by atoms with E-state index >= 15 is 0 Å². The molecule has 2 aromatic rings. The third kappa shape index (κ3) is 6.19. The van der Waals surface area contributed by atoms with Gasteiger partial charge in [-0.15, -0.1) is 0 Å². The molecule has 10 heteroatoms. The Balaban J connectivity index is 2.34. The zero-order valence-corrected chi connectivity index (χ0v) is 16.3. The molecule has 7 nitrogen and oxygen atoms in total. The topological polar surface area (TPSA) is 128 Å². The fraction of sp³-hybridized carbons (Fsp3) is 0.158. The molecule has 0 unspecified atom stereocenters. The summed E-state index contributed by atoms with van der Waals surface area (Å²) in [6, 6.07) is 11.2. The molecule has 0 heterocycles. The van der Waals surface area contributed by atoms with Crippen molar-refractivity contribution in [1.29, 1.82) is 0 Å². The van der Waals surface area contributed by atoms with Gasteiger partial charge in [-0.3, -0.25) is 4.79 Å². The van der Waals surface area contributed by atoms with Crippen LogP contribution < -0.4 is 16.2 Å². The van der Waals surface area contributed by atoms with Crippen molar-refractivity contribution < 1.29 is 22.0 Å². The molecule has 29 heavy (non-hydrogen) atoms. The van der Waals surface area contributed by atoms with E-state index in [9.17, 15) is 22.0 Å². The maximum Gasteiger partial charge on any atom is 0.331 e. The molecule has 0 atom stereocenters. The number of benzene rings is 2. The molecule has 0 aliphatic heterocycles. The number of carbonyl (C=O) groups is 1. The summed E-state index contributed by atoms with van der Waals surface area (Å²) in [7, 11) is -4.25. The summed E-state index contributed by atoms with van der Waals surface area (Å²) in [5, 5.41) is 7.85. The van der Waals surface area contributed by atoms with E-state index in [1.807, 2.05) is 31.2 Å². The molecule has 0 fully saturated rings. The smallest absolute Gasteiger partial charge is 0.331 e. The zero-order valence-electron chi connectivity index (χ0n) is 15.5. The van der Waals surface area contributed by atoms with Gasteiger partial charge in [0.15, 0.2) is 0 Å². The lowest BCUT2D eigenvalue weighted by Crippen LogP contribution is -2.18. The van der Waals surface area contributed by atoms with Crippen LogP contribution in [-0.4, -0.2) is 27.1 Å². The van der Waals surface area contributed by atoms with Gasteiger partial charge in [0.1, 0.15) is 0 Å². The number of allylic oxidation sites excluding steroid dienone is 1. The Morgan fingerprint density at radius 1 is 1.24 bits per heavy atom. The first kappa shape index (κ1) is 22.2. The van der Waals surface area contributed by atoms with Gasteiger partial charge >= 0.3 is 6.55 Å². The molecule has 0 saturated carbocycles. The number of rotatable bonds is 7. The molecule has 0 bridgehead atoms. The van der Waals surface area contributed by atoms with Crippen molar-refractivity contribution in [3.8, 4) is 0 Å². The second-order valence-electron chi connectivity index (χ2n) is 6.09. The predicted octanol–water partition coefficient (Wildman–Crippen LogP) is 2.42. The number of aliphatic imine (C=N–C) groups is 1. The fourth-order valence-corrected chi connectivity index (χ4v) is 3.38. The lowest BCUT2D eigenvalue weighted by molar-refractivity contribution is -0.115. The van der Waals surface area contributed by atoms with Crippen molar-refractivity contribution in [3.63, 3.8) is 0 Å². The summed E-state index contributed by atoms with van der Waals surface area (Å²) in [5.41, 5.74) is 7.29. The van der Waals surface area contributed by atoms with Crippen LogP contribution in [0.1, 0.15) is 16.7 Å². The van der Waals surface area contributed by atoms with Crippen LogP contribution in [0.2, 0.25) is 0 Å². The van der Waals surface area contributed by atoms with Crippen LogP contribution >= 0.6 is 0 Å². The number of nitrogens with one attached hydrogen (secondary N) is 1. The molecule has 2 aromatic carbocycles. The van der Waals surface area contributed by atoms with Gasteiger partial charge in [-0.25, -0.2) is 18.5 Å². The molecule has 0 aromatic heterocycles. The normalized spacial score (nSPS) is 12.5. The van der Waals surface area contributed by atoms with E-state index in [0.717, 1.165) is 29.6 Å². The van der Waals surface area contributed by atoms with Crippen molar-refractivity contribution >= 4 is 33.4 Å². The average Bonchev–Trinajstić information content (AvgIpc) is 2.64. The van der Waals surface area contributed by atoms with Gasteiger partial charge in [0.2, 0.25) is 15.9 Å². The van der Waals surface area contributed by atoms with Gasteiger partial charge in [0.25, 0.3) is 0 Å². The second-order valence-corrected chi connectivity index (χ2v) is 7.62. The molecule has 0 aliphatic carbocycles. The van der Waals surface area contributed by atoms with Crippen LogP contribution in [0, 0.1) is 6.92 Å². The number of hydrogen-bond acceptors (Lipinski definition) is 5. The van der Waals surface area contributed by atoms with Crippen LogP contribution in [0.25, 0.3) is 5.57 Å². The van der Waals surface area contributed by atoms with Gasteiger partial charge in [-0.2, -0.15) is 8.78 Å². The summed E-state index contributed by atoms with van der Waals surface area (Å²) in [6.45, 7) is -1.11. The Morgan fingerprint density at radius 2 is 1.93 bits per heavy atom. The number of sulfonamides is 1. The number of carbonyl (C=O) groups excluding carboxylic acids is 1. The average molecular weight is 422 g/mol. The van der Waals surface area contributed by atoms with Crippen molar-refractivity contribution in [3.05, 3.63) is 65.4 Å². The van der Waals surface area contributed by atoms with Crippen LogP contribution in [-0.2, 0) is 21.2 Å². The Kier molecular flexibility index (Phi) is 7.18. The Labute approximate surface area is 167 Å². The number of nitrogens with zero attached hydrogens (tertiary/aromatic N) is 1. The molecule has 0 radical (unpaired) electrons. The Morgan fingerprint density at radius 3 is 2.52 bits per heavy atom. The molecule has 1 amide bonds. The molecule has 5 N–H and O–H groups in total. The fourth-order valence-electron chi connectivity index (χ4n) is 2.60. The number of halogens is 2. The minimum absolute atomic E-state index is 0.0173. The lowest BCUT2D eigenvalue weighted by Gasteiger charge is -2.12. The quantitative estimate of drug-likeness (QED) is 0.468. The first-order valence-corrected chi connectivity index (χ1v) is 9.91. The van der Waals surface area contributed by atoms with Crippen LogP contribution in [0.3, 0.4) is 0 Å². The molecule has 2 rings (SSSR count). The van der Waals surface area contributed by atoms with Gasteiger partial charge in [0, 0.05) is 29.2 Å². The Hall–Kier alpha value is -3.11. The maximum atomic E-state index is 12.3. The minimum atomic E-state index is -4.25. The monoisotopic (exact) mass is 422 g/mol. The highest BCUT2D eigenvalue weighted by atomic mass is 32.2. The summed E-state index contributed by atoms with van der Waals surface area (Å²) in [5.74, 6) is -0.360. The van der Waals surface area contributed by atoms with Crippen LogP contribution in [0.5, 0.6) is 0 Å². The number of aryl methyl sites for hydroxylation is 1. The number of alkyl halides is 2. The summed E-state index contributed by atoms with van der Waals surface area (Å²) in [6.07, 6.45) is 1.78.